The molecule has 2 aliphatic rings. The lowest BCUT2D eigenvalue weighted by Crippen LogP contribution is -2.34. The second-order valence-corrected chi connectivity index (χ2v) is 5.64. The van der Waals surface area contributed by atoms with Gasteiger partial charge in [0.25, 0.3) is 5.92 Å². The maximum Gasteiger partial charge on any atom is 0.267 e. The average Bonchev–Trinajstić information content (AvgIpc) is 2.63. The van der Waals surface area contributed by atoms with Gasteiger partial charge in [0.15, 0.2) is 0 Å². The molecule has 1 aliphatic carbocycles. The molecule has 0 aromatic heterocycles. The number of aliphatic hydroxyl groups excluding tert-OH is 1. The normalized spacial score (nSPS) is 26.5. The molecule has 0 amide bonds. The van der Waals surface area contributed by atoms with Crippen LogP contribution in [0.1, 0.15) is 37.2 Å². The van der Waals surface area contributed by atoms with Crippen molar-refractivity contribution in [3.63, 3.8) is 0 Å². The Bertz CT molecular complexity index is 459. The average molecular weight is 266 g/mol. The Morgan fingerprint density at radius 1 is 1.42 bits per heavy atom. The van der Waals surface area contributed by atoms with Gasteiger partial charge in [-0.1, -0.05) is 12.5 Å². The molecule has 1 N–H and O–H groups in total. The minimum Gasteiger partial charge on any atom is -0.394 e. The van der Waals surface area contributed by atoms with Crippen molar-refractivity contribution < 1.29 is 13.9 Å². The van der Waals surface area contributed by atoms with E-state index in [0.717, 1.165) is 24.1 Å². The summed E-state index contributed by atoms with van der Waals surface area (Å²) < 4.78 is 27.2. The SMILES string of the molecule is OC[C@H]1CC(F)(F)CN1c1cc[c]cc1C1CCC1. The van der Waals surface area contributed by atoms with Crippen molar-refractivity contribution >= 4 is 5.69 Å². The fourth-order valence-electron chi connectivity index (χ4n) is 3.09. The van der Waals surface area contributed by atoms with Gasteiger partial charge in [0.2, 0.25) is 0 Å². The van der Waals surface area contributed by atoms with Crippen LogP contribution in [0.4, 0.5) is 14.5 Å². The maximum absolute atomic E-state index is 13.6. The van der Waals surface area contributed by atoms with E-state index in [1.165, 1.54) is 6.42 Å². The van der Waals surface area contributed by atoms with Crippen LogP contribution in [0.3, 0.4) is 0 Å². The van der Waals surface area contributed by atoms with Crippen LogP contribution >= 0.6 is 0 Å². The summed E-state index contributed by atoms with van der Waals surface area (Å²) in [4.78, 5) is 1.68. The van der Waals surface area contributed by atoms with Gasteiger partial charge in [-0.15, -0.1) is 0 Å². The smallest absolute Gasteiger partial charge is 0.267 e. The Hall–Kier alpha value is -1.16. The van der Waals surface area contributed by atoms with Gasteiger partial charge >= 0.3 is 0 Å². The zero-order chi connectivity index (χ0) is 13.5. The number of hydrogen-bond acceptors (Lipinski definition) is 2. The molecule has 1 heterocycles. The second kappa shape index (κ2) is 4.75. The summed E-state index contributed by atoms with van der Waals surface area (Å²) in [5.41, 5.74) is 1.98. The van der Waals surface area contributed by atoms with Gasteiger partial charge in [-0.25, -0.2) is 8.78 Å². The Morgan fingerprint density at radius 3 is 2.84 bits per heavy atom. The highest BCUT2D eigenvalue weighted by Crippen LogP contribution is 2.44. The molecule has 2 nitrogen and oxygen atoms in total. The molecular weight excluding hydrogens is 248 g/mol. The molecule has 0 bridgehead atoms. The van der Waals surface area contributed by atoms with E-state index in [0.29, 0.717) is 5.92 Å². The number of alkyl halides is 2. The van der Waals surface area contributed by atoms with Crippen LogP contribution in [0.25, 0.3) is 0 Å². The van der Waals surface area contributed by atoms with Crippen molar-refractivity contribution in [2.45, 2.75) is 43.6 Å². The molecule has 19 heavy (non-hydrogen) atoms. The van der Waals surface area contributed by atoms with E-state index in [-0.39, 0.29) is 19.6 Å². The second-order valence-electron chi connectivity index (χ2n) is 5.64. The van der Waals surface area contributed by atoms with Gasteiger partial charge in [0.1, 0.15) is 0 Å². The third-order valence-corrected chi connectivity index (χ3v) is 4.31. The number of hydrogen-bond donors (Lipinski definition) is 1. The molecular formula is C15H18F2NO. The van der Waals surface area contributed by atoms with Crippen molar-refractivity contribution in [1.82, 2.24) is 0 Å². The lowest BCUT2D eigenvalue weighted by atomic mass is 9.79. The summed E-state index contributed by atoms with van der Waals surface area (Å²) in [5.74, 6) is -2.23. The Morgan fingerprint density at radius 2 is 2.21 bits per heavy atom. The summed E-state index contributed by atoms with van der Waals surface area (Å²) in [7, 11) is 0. The number of benzene rings is 1. The van der Waals surface area contributed by atoms with Crippen molar-refractivity contribution in [3.05, 3.63) is 29.8 Å². The Labute approximate surface area is 112 Å². The predicted octanol–water partition coefficient (Wildman–Crippen LogP) is 2.96. The van der Waals surface area contributed by atoms with Gasteiger partial charge in [-0.05, 0) is 42.5 Å². The van der Waals surface area contributed by atoms with Gasteiger partial charge < -0.3 is 10.0 Å². The number of aliphatic hydroxyl groups is 1. The van der Waals surface area contributed by atoms with E-state index < -0.39 is 12.0 Å². The quantitative estimate of drug-likeness (QED) is 0.909. The molecule has 1 saturated carbocycles. The number of rotatable bonds is 3. The first-order valence-electron chi connectivity index (χ1n) is 6.86. The Balaban J connectivity index is 1.92. The zero-order valence-electron chi connectivity index (χ0n) is 10.8. The van der Waals surface area contributed by atoms with E-state index in [1.54, 1.807) is 11.0 Å². The lowest BCUT2D eigenvalue weighted by molar-refractivity contribution is 0.0201. The summed E-state index contributed by atoms with van der Waals surface area (Å²) in [6.45, 7) is -0.514. The largest absolute Gasteiger partial charge is 0.394 e. The third kappa shape index (κ3) is 2.34. The minimum atomic E-state index is -2.70. The molecule has 1 saturated heterocycles. The van der Waals surface area contributed by atoms with Gasteiger partial charge in [-0.3, -0.25) is 0 Å². The van der Waals surface area contributed by atoms with Crippen LogP contribution in [0.2, 0.25) is 0 Å². The lowest BCUT2D eigenvalue weighted by Gasteiger charge is -2.33. The summed E-state index contributed by atoms with van der Waals surface area (Å²) in [6, 6.07) is 8.12. The molecule has 1 aliphatic heterocycles. The molecule has 1 atom stereocenters. The van der Waals surface area contributed by atoms with Crippen LogP contribution in [-0.4, -0.2) is 30.2 Å². The highest BCUT2D eigenvalue weighted by Gasteiger charge is 2.45. The highest BCUT2D eigenvalue weighted by molar-refractivity contribution is 5.57. The maximum atomic E-state index is 13.6. The fraction of sp³-hybridized carbons (Fsp3) is 0.600. The van der Waals surface area contributed by atoms with E-state index in [2.05, 4.69) is 6.07 Å². The Kier molecular flexibility index (Phi) is 3.21. The molecule has 1 aromatic rings. The van der Waals surface area contributed by atoms with Gasteiger partial charge in [0, 0.05) is 12.1 Å². The molecule has 2 fully saturated rings. The predicted molar refractivity (Wildman–Crippen MR) is 69.7 cm³/mol. The van der Waals surface area contributed by atoms with Crippen LogP contribution in [0.15, 0.2) is 18.2 Å². The molecule has 3 rings (SSSR count). The first-order chi connectivity index (χ1) is 9.11. The zero-order valence-corrected chi connectivity index (χ0v) is 10.8. The van der Waals surface area contributed by atoms with Crippen LogP contribution in [-0.2, 0) is 0 Å². The standard InChI is InChI=1S/C15H18F2NO/c16-15(17)8-12(9-19)18(10-15)14-7-2-1-6-13(14)11-4-3-5-11/h2,6-7,11-12,19H,3-5,8-10H2/t12-/m1/s1. The fourth-order valence-corrected chi connectivity index (χ4v) is 3.09. The minimum absolute atomic E-state index is 0.224. The van der Waals surface area contributed by atoms with Crippen LogP contribution in [0, 0.1) is 6.07 Å². The topological polar surface area (TPSA) is 23.5 Å². The number of nitrogens with zero attached hydrogens (tertiary/aromatic N) is 1. The summed E-state index contributed by atoms with van der Waals surface area (Å²) in [6.07, 6.45) is 3.20. The van der Waals surface area contributed by atoms with Crippen LogP contribution < -0.4 is 4.90 Å². The van der Waals surface area contributed by atoms with Crippen LogP contribution in [0.5, 0.6) is 0 Å². The van der Waals surface area contributed by atoms with Crippen molar-refractivity contribution in [1.29, 1.82) is 0 Å². The van der Waals surface area contributed by atoms with Gasteiger partial charge in [0.05, 0.1) is 19.2 Å². The number of halogens is 2. The molecule has 103 valence electrons. The van der Waals surface area contributed by atoms with Gasteiger partial charge in [-0.2, -0.15) is 0 Å². The molecule has 0 unspecified atom stereocenters. The van der Waals surface area contributed by atoms with Crippen molar-refractivity contribution in [2.24, 2.45) is 0 Å². The summed E-state index contributed by atoms with van der Waals surface area (Å²) in [5, 5.41) is 9.35. The molecule has 0 spiro atoms. The molecule has 1 radical (unpaired) electrons. The van der Waals surface area contributed by atoms with Crippen molar-refractivity contribution in [2.75, 3.05) is 18.1 Å². The van der Waals surface area contributed by atoms with E-state index in [4.69, 9.17) is 0 Å². The summed E-state index contributed by atoms with van der Waals surface area (Å²) >= 11 is 0. The van der Waals surface area contributed by atoms with Crippen molar-refractivity contribution in [3.8, 4) is 0 Å². The monoisotopic (exact) mass is 266 g/mol. The number of anilines is 1. The molecule has 4 heteroatoms. The first kappa shape index (κ1) is 12.9. The van der Waals surface area contributed by atoms with E-state index in [1.807, 2.05) is 12.1 Å². The van der Waals surface area contributed by atoms with E-state index >= 15 is 0 Å². The molecule has 1 aromatic carbocycles. The highest BCUT2D eigenvalue weighted by atomic mass is 19.3. The third-order valence-electron chi connectivity index (χ3n) is 4.31. The van der Waals surface area contributed by atoms with E-state index in [9.17, 15) is 13.9 Å². The first-order valence-corrected chi connectivity index (χ1v) is 6.86.